The van der Waals surface area contributed by atoms with Crippen LogP contribution in [0.15, 0.2) is 0 Å². The maximum absolute atomic E-state index is 11.1. The van der Waals surface area contributed by atoms with E-state index in [1.54, 1.807) is 7.05 Å². The van der Waals surface area contributed by atoms with Gasteiger partial charge in [0.25, 0.3) is 0 Å². The number of carbonyl (C=O) groups excluding carboxylic acids is 2. The van der Waals surface area contributed by atoms with Gasteiger partial charge in [0.15, 0.2) is 5.78 Å². The molecule has 0 radical (unpaired) electrons. The van der Waals surface area contributed by atoms with E-state index in [9.17, 15) is 9.59 Å². The minimum Gasteiger partial charge on any atom is -0.335 e. The fourth-order valence-corrected chi connectivity index (χ4v) is 1.33. The summed E-state index contributed by atoms with van der Waals surface area (Å²) < 4.78 is 0. The number of nitrogens with one attached hydrogen (secondary N) is 1. The van der Waals surface area contributed by atoms with Crippen LogP contribution in [0.25, 0.3) is 0 Å². The third kappa shape index (κ3) is 1.51. The lowest BCUT2D eigenvalue weighted by molar-refractivity contribution is -0.119. The van der Waals surface area contributed by atoms with E-state index in [2.05, 4.69) is 14.6 Å². The van der Waals surface area contributed by atoms with Gasteiger partial charge in [0.2, 0.25) is 0 Å². The Morgan fingerprint density at radius 3 is 2.91 bits per heavy atom. The topological polar surface area (TPSA) is 49.4 Å². The van der Waals surface area contributed by atoms with Crippen LogP contribution >= 0.6 is 9.24 Å². The molecule has 1 N–H and O–H groups in total. The number of carbonyl (C=O) groups is 2. The van der Waals surface area contributed by atoms with E-state index in [1.165, 1.54) is 4.90 Å². The van der Waals surface area contributed by atoms with Crippen LogP contribution < -0.4 is 5.32 Å². The van der Waals surface area contributed by atoms with E-state index < -0.39 is 0 Å². The molecule has 1 aliphatic rings. The molecular weight excluding hydrogens is 163 g/mol. The zero-order valence-corrected chi connectivity index (χ0v) is 7.49. The molecule has 1 rings (SSSR count). The second-order valence-corrected chi connectivity index (χ2v) is 2.89. The van der Waals surface area contributed by atoms with Crippen molar-refractivity contribution >= 4 is 21.1 Å². The monoisotopic (exact) mass is 174 g/mol. The van der Waals surface area contributed by atoms with E-state index in [1.807, 2.05) is 0 Å². The number of hydrogen-bond donors (Lipinski definition) is 1. The Morgan fingerprint density at radius 1 is 1.91 bits per heavy atom. The second-order valence-electron chi connectivity index (χ2n) is 2.48. The van der Waals surface area contributed by atoms with Gasteiger partial charge in [-0.15, -0.1) is 9.24 Å². The minimum atomic E-state index is -0.264. The standard InChI is InChI=1S/C6H11N2O2P/c1-8-4(5(9)3-11)2-7-6(8)10/h4H,2-3,11H2,1H3,(H,7,10). The number of amides is 2. The Labute approximate surface area is 67.5 Å². The van der Waals surface area contributed by atoms with Gasteiger partial charge in [-0.2, -0.15) is 0 Å². The van der Waals surface area contributed by atoms with Crippen molar-refractivity contribution in [3.63, 3.8) is 0 Å². The number of Topliss-reactive ketones (excluding diaryl/α,β-unsaturated/α-hetero) is 1. The predicted molar refractivity (Wildman–Crippen MR) is 44.5 cm³/mol. The highest BCUT2D eigenvalue weighted by Crippen LogP contribution is 2.05. The molecule has 5 heteroatoms. The van der Waals surface area contributed by atoms with Crippen molar-refractivity contribution < 1.29 is 9.59 Å². The van der Waals surface area contributed by atoms with E-state index in [4.69, 9.17) is 0 Å². The molecule has 0 bridgehead atoms. The molecule has 0 spiro atoms. The Morgan fingerprint density at radius 2 is 2.55 bits per heavy atom. The first-order chi connectivity index (χ1) is 5.16. The summed E-state index contributed by atoms with van der Waals surface area (Å²) in [6.07, 6.45) is 0.407. The summed E-state index contributed by atoms with van der Waals surface area (Å²) in [5.41, 5.74) is 0. The van der Waals surface area contributed by atoms with E-state index in [-0.39, 0.29) is 17.9 Å². The van der Waals surface area contributed by atoms with Crippen LogP contribution in [0.1, 0.15) is 0 Å². The van der Waals surface area contributed by atoms with Crippen molar-refractivity contribution in [1.82, 2.24) is 10.2 Å². The lowest BCUT2D eigenvalue weighted by Crippen LogP contribution is -2.37. The zero-order valence-electron chi connectivity index (χ0n) is 6.33. The van der Waals surface area contributed by atoms with Gasteiger partial charge >= 0.3 is 6.03 Å². The highest BCUT2D eigenvalue weighted by molar-refractivity contribution is 7.18. The van der Waals surface area contributed by atoms with Crippen LogP contribution in [0, 0.1) is 0 Å². The Kier molecular flexibility index (Phi) is 2.45. The van der Waals surface area contributed by atoms with Gasteiger partial charge in [0.05, 0.1) is 0 Å². The molecular formula is C6H11N2O2P. The number of urea groups is 1. The fourth-order valence-electron chi connectivity index (χ4n) is 1.05. The van der Waals surface area contributed by atoms with Crippen LogP contribution in [0.5, 0.6) is 0 Å². The molecule has 0 aromatic carbocycles. The van der Waals surface area contributed by atoms with Gasteiger partial charge in [0, 0.05) is 19.8 Å². The first kappa shape index (κ1) is 8.47. The summed E-state index contributed by atoms with van der Waals surface area (Å²) in [6, 6.07) is -0.429. The summed E-state index contributed by atoms with van der Waals surface area (Å²) in [4.78, 5) is 23.4. The average molecular weight is 174 g/mol. The van der Waals surface area contributed by atoms with Crippen LogP contribution in [-0.2, 0) is 4.79 Å². The van der Waals surface area contributed by atoms with Gasteiger partial charge in [-0.25, -0.2) is 4.79 Å². The molecule has 2 amide bonds. The second kappa shape index (κ2) is 3.18. The van der Waals surface area contributed by atoms with Gasteiger partial charge < -0.3 is 10.2 Å². The number of likely N-dealkylation sites (N-methyl/N-ethyl adjacent to an activating group) is 1. The molecule has 11 heavy (non-hydrogen) atoms. The van der Waals surface area contributed by atoms with E-state index in [0.29, 0.717) is 12.7 Å². The Balaban J connectivity index is 2.61. The van der Waals surface area contributed by atoms with Crippen LogP contribution in [0.4, 0.5) is 4.79 Å². The molecule has 2 unspecified atom stereocenters. The van der Waals surface area contributed by atoms with Gasteiger partial charge in [-0.05, 0) is 0 Å². The quantitative estimate of drug-likeness (QED) is 0.571. The summed E-state index contributed by atoms with van der Waals surface area (Å²) >= 11 is 0. The molecule has 4 nitrogen and oxygen atoms in total. The van der Waals surface area contributed by atoms with Crippen molar-refractivity contribution in [2.24, 2.45) is 0 Å². The van der Waals surface area contributed by atoms with Crippen LogP contribution in [0.2, 0.25) is 0 Å². The molecule has 1 saturated heterocycles. The molecule has 1 fully saturated rings. The molecule has 1 aliphatic heterocycles. The van der Waals surface area contributed by atoms with E-state index in [0.717, 1.165) is 0 Å². The Bertz CT molecular complexity index is 195. The summed E-state index contributed by atoms with van der Waals surface area (Å²) in [6.45, 7) is 0.447. The molecule has 1 heterocycles. The van der Waals surface area contributed by atoms with Crippen molar-refractivity contribution in [3.8, 4) is 0 Å². The maximum Gasteiger partial charge on any atom is 0.317 e. The summed E-state index contributed by atoms with van der Waals surface area (Å²) in [7, 11) is 3.99. The summed E-state index contributed by atoms with van der Waals surface area (Å²) in [5.74, 6) is 0.0795. The summed E-state index contributed by atoms with van der Waals surface area (Å²) in [5, 5.41) is 2.59. The Hall–Kier alpha value is -0.630. The number of rotatable bonds is 2. The van der Waals surface area contributed by atoms with Crippen LogP contribution in [-0.4, -0.2) is 42.5 Å². The highest BCUT2D eigenvalue weighted by atomic mass is 31.0. The normalized spacial score (nSPS) is 23.6. The van der Waals surface area contributed by atoms with Crippen molar-refractivity contribution in [1.29, 1.82) is 0 Å². The largest absolute Gasteiger partial charge is 0.335 e. The molecule has 62 valence electrons. The maximum atomic E-state index is 11.1. The lowest BCUT2D eigenvalue weighted by atomic mass is 10.2. The highest BCUT2D eigenvalue weighted by Gasteiger charge is 2.31. The van der Waals surface area contributed by atoms with Crippen LogP contribution in [0.3, 0.4) is 0 Å². The van der Waals surface area contributed by atoms with Crippen molar-refractivity contribution in [3.05, 3.63) is 0 Å². The number of nitrogens with zero attached hydrogens (tertiary/aromatic N) is 1. The van der Waals surface area contributed by atoms with Gasteiger partial charge in [-0.1, -0.05) is 0 Å². The van der Waals surface area contributed by atoms with Crippen molar-refractivity contribution in [2.45, 2.75) is 6.04 Å². The molecule has 0 saturated carbocycles. The zero-order chi connectivity index (χ0) is 8.43. The SMILES string of the molecule is CN1C(=O)NCC1C(=O)CP. The number of ketones is 1. The molecule has 0 aromatic rings. The van der Waals surface area contributed by atoms with E-state index >= 15 is 0 Å². The lowest BCUT2D eigenvalue weighted by Gasteiger charge is -2.14. The van der Waals surface area contributed by atoms with Crippen molar-refractivity contribution in [2.75, 3.05) is 19.8 Å². The average Bonchev–Trinajstić information content (AvgIpc) is 2.32. The molecule has 0 aromatic heterocycles. The van der Waals surface area contributed by atoms with Gasteiger partial charge in [0.1, 0.15) is 6.04 Å². The number of hydrogen-bond acceptors (Lipinski definition) is 2. The smallest absolute Gasteiger partial charge is 0.317 e. The minimum absolute atomic E-state index is 0.0795. The third-order valence-corrected chi connectivity index (χ3v) is 2.21. The molecule has 2 atom stereocenters. The van der Waals surface area contributed by atoms with Gasteiger partial charge in [-0.3, -0.25) is 4.79 Å². The first-order valence-electron chi connectivity index (χ1n) is 3.40. The third-order valence-electron chi connectivity index (χ3n) is 1.81. The predicted octanol–water partition coefficient (Wildman–Crippen LogP) is -0.546. The first-order valence-corrected chi connectivity index (χ1v) is 4.22. The molecule has 0 aliphatic carbocycles. The fraction of sp³-hybridized carbons (Fsp3) is 0.667.